The molecule has 1 fully saturated rings. The van der Waals surface area contributed by atoms with Gasteiger partial charge >= 0.3 is 0 Å². The fourth-order valence-corrected chi connectivity index (χ4v) is 3.32. The highest BCUT2D eigenvalue weighted by atomic mass is 32.1. The van der Waals surface area contributed by atoms with Crippen molar-refractivity contribution >= 4 is 33.3 Å². The first-order valence-corrected chi connectivity index (χ1v) is 7.45. The van der Waals surface area contributed by atoms with Crippen molar-refractivity contribution in [2.75, 3.05) is 43.6 Å². The summed E-state index contributed by atoms with van der Waals surface area (Å²) in [5.41, 5.74) is 0. The molecule has 2 aromatic heterocycles. The summed E-state index contributed by atoms with van der Waals surface area (Å²) in [6.07, 6.45) is 0. The van der Waals surface area contributed by atoms with Gasteiger partial charge in [0.15, 0.2) is 0 Å². The second-order valence-corrected chi connectivity index (χ2v) is 6.04. The summed E-state index contributed by atoms with van der Waals surface area (Å²) < 4.78 is 5.44. The van der Waals surface area contributed by atoms with Gasteiger partial charge in [-0.05, 0) is 13.0 Å². The fourth-order valence-electron chi connectivity index (χ4n) is 2.44. The number of nitrogens with one attached hydrogen (secondary N) is 1. The summed E-state index contributed by atoms with van der Waals surface area (Å²) >= 11 is 1.66. The third kappa shape index (κ3) is 2.32. The number of morpholine rings is 1. The number of aliphatic hydroxyl groups is 1. The maximum Gasteiger partial charge on any atom is 0.225 e. The average molecular weight is 294 g/mol. The van der Waals surface area contributed by atoms with Crippen LogP contribution in [-0.2, 0) is 4.74 Å². The van der Waals surface area contributed by atoms with E-state index < -0.39 is 0 Å². The third-order valence-electron chi connectivity index (χ3n) is 3.43. The fraction of sp³-hybridized carbons (Fsp3) is 0.538. The van der Waals surface area contributed by atoms with E-state index in [4.69, 9.17) is 4.74 Å². The first-order chi connectivity index (χ1) is 9.72. The molecule has 3 heterocycles. The minimum Gasteiger partial charge on any atom is -0.394 e. The van der Waals surface area contributed by atoms with Crippen LogP contribution in [0, 0.1) is 6.92 Å². The molecule has 0 amide bonds. The van der Waals surface area contributed by atoms with Crippen LogP contribution in [-0.4, -0.2) is 54.5 Å². The minimum atomic E-state index is -0.0493. The molecule has 0 aliphatic carbocycles. The Balaban J connectivity index is 2.12. The molecule has 108 valence electrons. The summed E-state index contributed by atoms with van der Waals surface area (Å²) in [4.78, 5) is 13.4. The zero-order valence-electron chi connectivity index (χ0n) is 11.6. The molecule has 1 aliphatic rings. The van der Waals surface area contributed by atoms with E-state index >= 15 is 0 Å². The van der Waals surface area contributed by atoms with Crippen LogP contribution in [0.1, 0.15) is 4.88 Å². The predicted octanol–water partition coefficient (Wildman–Crippen LogP) is 1.24. The number of hydrogen-bond donors (Lipinski definition) is 2. The summed E-state index contributed by atoms with van der Waals surface area (Å²) in [7, 11) is 1.81. The highest BCUT2D eigenvalue weighted by Gasteiger charge is 2.26. The molecule has 1 aliphatic heterocycles. The van der Waals surface area contributed by atoms with Crippen molar-refractivity contribution in [1.29, 1.82) is 0 Å². The molecule has 1 unspecified atom stereocenters. The van der Waals surface area contributed by atoms with Crippen molar-refractivity contribution in [1.82, 2.24) is 9.97 Å². The van der Waals surface area contributed by atoms with Gasteiger partial charge in [-0.1, -0.05) is 0 Å². The molecule has 7 heteroatoms. The van der Waals surface area contributed by atoms with E-state index in [0.717, 1.165) is 22.6 Å². The smallest absolute Gasteiger partial charge is 0.225 e. The van der Waals surface area contributed by atoms with Gasteiger partial charge < -0.3 is 20.1 Å². The van der Waals surface area contributed by atoms with Gasteiger partial charge in [0.25, 0.3) is 0 Å². The standard InChI is InChI=1S/C13H18N4O2S/c1-8-5-10-11(15-13(14-2)16-12(10)20-8)17-3-4-19-7-9(17)6-18/h5,9,18H,3-4,6-7H2,1-2H3,(H,14,15,16). The number of hydrogen-bond acceptors (Lipinski definition) is 7. The summed E-state index contributed by atoms with van der Waals surface area (Å²) in [5.74, 6) is 1.49. The van der Waals surface area contributed by atoms with Gasteiger partial charge in [-0.25, -0.2) is 4.98 Å². The summed E-state index contributed by atoms with van der Waals surface area (Å²) in [6.45, 7) is 4.04. The lowest BCUT2D eigenvalue weighted by atomic mass is 10.2. The molecule has 0 saturated carbocycles. The monoisotopic (exact) mass is 294 g/mol. The molecule has 0 radical (unpaired) electrons. The first kappa shape index (κ1) is 13.5. The van der Waals surface area contributed by atoms with E-state index in [0.29, 0.717) is 19.2 Å². The second-order valence-electron chi connectivity index (χ2n) is 4.80. The maximum atomic E-state index is 9.55. The van der Waals surface area contributed by atoms with Crippen molar-refractivity contribution in [2.24, 2.45) is 0 Å². The number of fused-ring (bicyclic) bond motifs is 1. The molecule has 0 aromatic carbocycles. The molecular formula is C13H18N4O2S. The van der Waals surface area contributed by atoms with E-state index in [9.17, 15) is 5.11 Å². The van der Waals surface area contributed by atoms with E-state index in [1.54, 1.807) is 11.3 Å². The Labute approximate surface area is 121 Å². The normalized spacial score (nSPS) is 19.6. The van der Waals surface area contributed by atoms with Crippen molar-refractivity contribution < 1.29 is 9.84 Å². The third-order valence-corrected chi connectivity index (χ3v) is 4.37. The van der Waals surface area contributed by atoms with Crippen molar-refractivity contribution in [3.8, 4) is 0 Å². The number of anilines is 2. The number of aryl methyl sites for hydroxylation is 1. The van der Waals surface area contributed by atoms with Crippen LogP contribution in [0.25, 0.3) is 10.2 Å². The molecular weight excluding hydrogens is 276 g/mol. The van der Waals surface area contributed by atoms with Crippen LogP contribution in [0.5, 0.6) is 0 Å². The molecule has 6 nitrogen and oxygen atoms in total. The van der Waals surface area contributed by atoms with Gasteiger partial charge in [0.2, 0.25) is 5.95 Å². The Morgan fingerprint density at radius 1 is 1.55 bits per heavy atom. The van der Waals surface area contributed by atoms with Crippen LogP contribution in [0.15, 0.2) is 6.07 Å². The Morgan fingerprint density at radius 2 is 2.40 bits per heavy atom. The molecule has 2 N–H and O–H groups in total. The lowest BCUT2D eigenvalue weighted by Crippen LogP contribution is -2.48. The molecule has 0 spiro atoms. The van der Waals surface area contributed by atoms with Gasteiger partial charge in [0, 0.05) is 18.5 Å². The summed E-state index contributed by atoms with van der Waals surface area (Å²) in [5, 5.41) is 13.6. The number of thiophene rings is 1. The Morgan fingerprint density at radius 3 is 3.15 bits per heavy atom. The maximum absolute atomic E-state index is 9.55. The molecule has 1 saturated heterocycles. The van der Waals surface area contributed by atoms with Gasteiger partial charge in [0.05, 0.1) is 31.2 Å². The first-order valence-electron chi connectivity index (χ1n) is 6.64. The van der Waals surface area contributed by atoms with Crippen LogP contribution in [0.2, 0.25) is 0 Å². The lowest BCUT2D eigenvalue weighted by Gasteiger charge is -2.35. The zero-order chi connectivity index (χ0) is 14.1. The van der Waals surface area contributed by atoms with Crippen molar-refractivity contribution in [2.45, 2.75) is 13.0 Å². The highest BCUT2D eigenvalue weighted by Crippen LogP contribution is 2.33. The van der Waals surface area contributed by atoms with Crippen LogP contribution in [0.4, 0.5) is 11.8 Å². The number of aliphatic hydroxyl groups excluding tert-OH is 1. The van der Waals surface area contributed by atoms with Gasteiger partial charge in [0.1, 0.15) is 10.6 Å². The van der Waals surface area contributed by atoms with E-state index in [2.05, 4.69) is 33.2 Å². The summed E-state index contributed by atoms with van der Waals surface area (Å²) in [6, 6.07) is 2.06. The van der Waals surface area contributed by atoms with Gasteiger partial charge in [-0.3, -0.25) is 0 Å². The van der Waals surface area contributed by atoms with Gasteiger partial charge in [-0.15, -0.1) is 11.3 Å². The largest absolute Gasteiger partial charge is 0.394 e. The van der Waals surface area contributed by atoms with Crippen molar-refractivity contribution in [3.63, 3.8) is 0 Å². The molecule has 3 rings (SSSR count). The Bertz CT molecular complexity index is 616. The van der Waals surface area contributed by atoms with E-state index in [1.807, 2.05) is 7.05 Å². The number of rotatable bonds is 3. The molecule has 20 heavy (non-hydrogen) atoms. The molecule has 1 atom stereocenters. The number of ether oxygens (including phenoxy) is 1. The quantitative estimate of drug-likeness (QED) is 0.887. The molecule has 0 bridgehead atoms. The van der Waals surface area contributed by atoms with Crippen LogP contribution < -0.4 is 10.2 Å². The second kappa shape index (κ2) is 5.51. The Hall–Kier alpha value is -1.44. The minimum absolute atomic E-state index is 0.0493. The van der Waals surface area contributed by atoms with Crippen LogP contribution in [0.3, 0.4) is 0 Å². The van der Waals surface area contributed by atoms with E-state index in [-0.39, 0.29) is 12.6 Å². The number of nitrogens with zero attached hydrogens (tertiary/aromatic N) is 3. The topological polar surface area (TPSA) is 70.5 Å². The van der Waals surface area contributed by atoms with Crippen LogP contribution >= 0.6 is 11.3 Å². The van der Waals surface area contributed by atoms with Gasteiger partial charge in [-0.2, -0.15) is 4.98 Å². The zero-order valence-corrected chi connectivity index (χ0v) is 12.4. The average Bonchev–Trinajstić information content (AvgIpc) is 2.86. The lowest BCUT2D eigenvalue weighted by molar-refractivity contribution is 0.0724. The SMILES string of the molecule is CNc1nc(N2CCOCC2CO)c2cc(C)sc2n1. The number of aromatic nitrogens is 2. The molecule has 2 aromatic rings. The Kier molecular flexibility index (Phi) is 3.73. The predicted molar refractivity (Wildman–Crippen MR) is 80.7 cm³/mol. The highest BCUT2D eigenvalue weighted by molar-refractivity contribution is 7.18. The van der Waals surface area contributed by atoms with E-state index in [1.165, 1.54) is 4.88 Å². The van der Waals surface area contributed by atoms with Crippen molar-refractivity contribution in [3.05, 3.63) is 10.9 Å².